The highest BCUT2D eigenvalue weighted by atomic mass is 16.5. The lowest BCUT2D eigenvalue weighted by atomic mass is 9.51. The smallest absolute Gasteiger partial charge is 0.328 e. The number of nitrogens with two attached hydrogens (primary N) is 1. The van der Waals surface area contributed by atoms with Crippen molar-refractivity contribution in [3.8, 4) is 5.75 Å². The lowest BCUT2D eigenvalue weighted by molar-refractivity contribution is -0.136. The molecular weight excluding hydrogens is 514 g/mol. The molecule has 206 valence electrons. The molecule has 2 aromatic carbocycles. The van der Waals surface area contributed by atoms with Gasteiger partial charge in [-0.1, -0.05) is 48.0 Å². The third kappa shape index (κ3) is 3.48. The summed E-state index contributed by atoms with van der Waals surface area (Å²) in [6, 6.07) is 14.8. The summed E-state index contributed by atoms with van der Waals surface area (Å²) >= 11 is 0. The number of allylic oxidation sites excluding steroid dienone is 2. The average molecular weight is 544 g/mol. The molecule has 2 aromatic rings. The molecule has 0 spiro atoms. The van der Waals surface area contributed by atoms with Gasteiger partial charge >= 0.3 is 6.03 Å². The number of anilines is 1. The van der Waals surface area contributed by atoms with E-state index >= 15 is 0 Å². The highest BCUT2D eigenvalue weighted by Gasteiger charge is 2.68. The first kappa shape index (κ1) is 25.9. The fourth-order valence-electron chi connectivity index (χ4n) is 7.41. The zero-order chi connectivity index (χ0) is 28.3. The number of aliphatic hydroxyl groups excluding tert-OH is 1. The first-order chi connectivity index (χ1) is 19.2. The van der Waals surface area contributed by atoms with Gasteiger partial charge in [0.2, 0.25) is 23.6 Å². The number of carbonyl (C=O) groups is 5. The summed E-state index contributed by atoms with van der Waals surface area (Å²) in [7, 11) is 0. The Kier molecular flexibility index (Phi) is 6.10. The van der Waals surface area contributed by atoms with E-state index in [4.69, 9.17) is 10.5 Å². The number of urea groups is 1. The number of para-hydroxylation sites is 2. The maximum absolute atomic E-state index is 14.3. The van der Waals surface area contributed by atoms with Crippen molar-refractivity contribution < 1.29 is 33.8 Å². The van der Waals surface area contributed by atoms with Crippen LogP contribution in [0.3, 0.4) is 0 Å². The van der Waals surface area contributed by atoms with Gasteiger partial charge in [0.1, 0.15) is 12.4 Å². The van der Waals surface area contributed by atoms with Gasteiger partial charge in [-0.15, -0.1) is 0 Å². The number of hydrogen-bond donors (Lipinski definition) is 2. The van der Waals surface area contributed by atoms with E-state index in [2.05, 4.69) is 0 Å². The zero-order valence-electron chi connectivity index (χ0n) is 21.9. The summed E-state index contributed by atoms with van der Waals surface area (Å²) in [5.74, 6) is -5.24. The minimum Gasteiger partial charge on any atom is -0.491 e. The number of fused-ring (bicyclic) bond motifs is 4. The van der Waals surface area contributed by atoms with Crippen LogP contribution < -0.4 is 15.4 Å². The Bertz CT molecular complexity index is 1470. The van der Waals surface area contributed by atoms with Gasteiger partial charge in [-0.05, 0) is 43.9 Å². The molecule has 2 saturated heterocycles. The number of ether oxygens (including phenoxy) is 1. The van der Waals surface area contributed by atoms with Gasteiger partial charge in [0, 0.05) is 11.5 Å². The minimum absolute atomic E-state index is 0.0284. The SMILES string of the molecule is C[C@@]12C(=O)N(c3ccccc3)C(=O)[C@@H]1C[C@@H]1C(=CC[C@@H]3C(=O)N(C(N)=O)C(=O)[C@@H]31)[C@@H]2c1ccccc1OCCO. The number of aliphatic hydroxyl groups is 1. The number of benzene rings is 2. The van der Waals surface area contributed by atoms with Crippen LogP contribution in [0, 0.1) is 29.1 Å². The average Bonchev–Trinajstić information content (AvgIpc) is 3.32. The van der Waals surface area contributed by atoms with E-state index in [0.717, 1.165) is 5.57 Å². The second-order valence-electron chi connectivity index (χ2n) is 11.0. The molecule has 1 saturated carbocycles. The van der Waals surface area contributed by atoms with Gasteiger partial charge in [-0.3, -0.25) is 19.2 Å². The monoisotopic (exact) mass is 543 g/mol. The Morgan fingerprint density at radius 1 is 1.00 bits per heavy atom. The predicted molar refractivity (Wildman–Crippen MR) is 142 cm³/mol. The van der Waals surface area contributed by atoms with Crippen LogP contribution in [0.25, 0.3) is 0 Å². The molecule has 0 unspecified atom stereocenters. The van der Waals surface area contributed by atoms with E-state index in [0.29, 0.717) is 21.9 Å². The third-order valence-corrected chi connectivity index (χ3v) is 9.09. The Hall–Kier alpha value is -4.31. The number of imide groups is 4. The van der Waals surface area contributed by atoms with Crippen LogP contribution >= 0.6 is 0 Å². The molecule has 0 radical (unpaired) electrons. The van der Waals surface area contributed by atoms with Gasteiger partial charge in [0.25, 0.3) is 0 Å². The van der Waals surface area contributed by atoms with Crippen LogP contribution in [0.2, 0.25) is 0 Å². The summed E-state index contributed by atoms with van der Waals surface area (Å²) in [4.78, 5) is 68.7. The highest BCUT2D eigenvalue weighted by molar-refractivity contribution is 6.24. The van der Waals surface area contributed by atoms with Crippen molar-refractivity contribution in [3.05, 3.63) is 71.8 Å². The van der Waals surface area contributed by atoms with Gasteiger partial charge in [0.05, 0.1) is 35.5 Å². The van der Waals surface area contributed by atoms with Crippen molar-refractivity contribution in [1.82, 2.24) is 4.90 Å². The summed E-state index contributed by atoms with van der Waals surface area (Å²) in [5.41, 5.74) is 6.05. The molecule has 6 rings (SSSR count). The lowest BCUT2D eigenvalue weighted by Crippen LogP contribution is -2.49. The van der Waals surface area contributed by atoms with Crippen LogP contribution in [0.4, 0.5) is 10.5 Å². The van der Waals surface area contributed by atoms with Gasteiger partial charge in [0.15, 0.2) is 0 Å². The number of likely N-dealkylation sites (tertiary alicyclic amines) is 1. The highest BCUT2D eigenvalue weighted by Crippen LogP contribution is 2.64. The zero-order valence-corrected chi connectivity index (χ0v) is 21.9. The largest absolute Gasteiger partial charge is 0.491 e. The van der Waals surface area contributed by atoms with Crippen molar-refractivity contribution in [2.45, 2.75) is 25.7 Å². The number of nitrogens with zero attached hydrogens (tertiary/aromatic N) is 2. The molecule has 0 aromatic heterocycles. The molecule has 2 aliphatic carbocycles. The van der Waals surface area contributed by atoms with E-state index in [9.17, 15) is 29.1 Å². The van der Waals surface area contributed by atoms with Crippen LogP contribution in [-0.4, -0.2) is 52.9 Å². The van der Waals surface area contributed by atoms with Crippen LogP contribution in [0.15, 0.2) is 66.2 Å². The van der Waals surface area contributed by atoms with E-state index in [-0.39, 0.29) is 37.9 Å². The third-order valence-electron chi connectivity index (χ3n) is 9.09. The van der Waals surface area contributed by atoms with E-state index in [1.165, 1.54) is 4.90 Å². The molecule has 2 heterocycles. The molecule has 3 fully saturated rings. The van der Waals surface area contributed by atoms with Gasteiger partial charge in [-0.2, -0.15) is 4.90 Å². The van der Waals surface area contributed by atoms with Crippen molar-refractivity contribution in [1.29, 1.82) is 0 Å². The molecule has 4 aliphatic rings. The fraction of sp³-hybridized carbons (Fsp3) is 0.367. The number of rotatable bonds is 5. The standard InChI is InChI=1S/C30H29N3O7/c1-30-21(26(36)32(28(30)38)16-7-3-2-4-8-16)15-20-17(24(30)18-9-5-6-10-22(18)40-14-13-34)11-12-19-23(20)27(37)33(25(19)35)29(31)39/h2-11,19-21,23-24,34H,12-15H2,1H3,(H2,31,39)/t19-,20+,21-,23-,24+,30+/m0/s1. The summed E-state index contributed by atoms with van der Waals surface area (Å²) in [6.45, 7) is 1.60. The summed E-state index contributed by atoms with van der Waals surface area (Å²) in [6.07, 6.45) is 2.25. The Balaban J connectivity index is 1.54. The molecule has 2 aliphatic heterocycles. The maximum Gasteiger partial charge on any atom is 0.328 e. The summed E-state index contributed by atoms with van der Waals surface area (Å²) in [5, 5.41) is 9.43. The minimum atomic E-state index is -1.23. The van der Waals surface area contributed by atoms with Gasteiger partial charge in [-0.25, -0.2) is 9.69 Å². The second-order valence-corrected chi connectivity index (χ2v) is 11.0. The number of amides is 6. The molecule has 10 heteroatoms. The number of hydrogen-bond acceptors (Lipinski definition) is 7. The Labute approximate surface area is 230 Å². The molecular formula is C30H29N3O7. The fourth-order valence-corrected chi connectivity index (χ4v) is 7.41. The predicted octanol–water partition coefficient (Wildman–Crippen LogP) is 2.37. The van der Waals surface area contributed by atoms with E-state index in [1.807, 2.05) is 18.2 Å². The van der Waals surface area contributed by atoms with Crippen LogP contribution in [0.1, 0.15) is 31.2 Å². The molecule has 10 nitrogen and oxygen atoms in total. The topological polar surface area (TPSA) is 147 Å². The van der Waals surface area contributed by atoms with E-state index < -0.39 is 52.8 Å². The first-order valence-electron chi connectivity index (χ1n) is 13.3. The molecule has 40 heavy (non-hydrogen) atoms. The van der Waals surface area contributed by atoms with Crippen LogP contribution in [-0.2, 0) is 19.2 Å². The maximum atomic E-state index is 14.3. The molecule has 6 amide bonds. The van der Waals surface area contributed by atoms with Gasteiger partial charge < -0.3 is 15.6 Å². The first-order valence-corrected chi connectivity index (χ1v) is 13.3. The normalized spacial score (nSPS) is 31.1. The van der Waals surface area contributed by atoms with Crippen LogP contribution in [0.5, 0.6) is 5.75 Å². The second kappa shape index (κ2) is 9.41. The van der Waals surface area contributed by atoms with E-state index in [1.54, 1.807) is 49.4 Å². The number of carbonyl (C=O) groups excluding carboxylic acids is 5. The quantitative estimate of drug-likeness (QED) is 0.435. The number of primary amides is 1. The summed E-state index contributed by atoms with van der Waals surface area (Å²) < 4.78 is 5.88. The molecule has 6 atom stereocenters. The van der Waals surface area contributed by atoms with Crippen molar-refractivity contribution >= 4 is 35.3 Å². The lowest BCUT2D eigenvalue weighted by Gasteiger charge is -2.49. The Morgan fingerprint density at radius 2 is 1.70 bits per heavy atom. The van der Waals surface area contributed by atoms with Crippen molar-refractivity contribution in [2.24, 2.45) is 34.8 Å². The van der Waals surface area contributed by atoms with Crippen molar-refractivity contribution in [3.63, 3.8) is 0 Å². The molecule has 3 N–H and O–H groups in total. The Morgan fingerprint density at radius 3 is 2.40 bits per heavy atom. The molecule has 0 bridgehead atoms. The van der Waals surface area contributed by atoms with Crippen molar-refractivity contribution in [2.75, 3.05) is 18.1 Å².